The highest BCUT2D eigenvalue weighted by Crippen LogP contribution is 2.31. The van der Waals surface area contributed by atoms with E-state index in [1.165, 1.54) is 13.2 Å². The molecule has 0 spiro atoms. The maximum atomic E-state index is 13.2. The summed E-state index contributed by atoms with van der Waals surface area (Å²) in [6.07, 6.45) is 1.78. The predicted octanol–water partition coefficient (Wildman–Crippen LogP) is 3.70. The average molecular weight is 481 g/mol. The quantitative estimate of drug-likeness (QED) is 0.550. The van der Waals surface area contributed by atoms with E-state index in [-0.39, 0.29) is 41.1 Å². The van der Waals surface area contributed by atoms with Crippen molar-refractivity contribution in [3.8, 4) is 11.5 Å². The minimum Gasteiger partial charge on any atom is -0.493 e. The number of methoxy groups -OCH3 is 1. The van der Waals surface area contributed by atoms with Gasteiger partial charge in [0, 0.05) is 25.7 Å². The van der Waals surface area contributed by atoms with Gasteiger partial charge in [-0.2, -0.15) is 8.42 Å². The van der Waals surface area contributed by atoms with Crippen molar-refractivity contribution >= 4 is 16.1 Å². The van der Waals surface area contributed by atoms with Gasteiger partial charge in [0.1, 0.15) is 10.7 Å². The first-order valence-corrected chi connectivity index (χ1v) is 12.1. The lowest BCUT2D eigenvalue weighted by molar-refractivity contribution is 0.0791. The molecule has 10 heteroatoms. The highest BCUT2D eigenvalue weighted by atomic mass is 32.2. The zero-order valence-corrected chi connectivity index (χ0v) is 19.7. The van der Waals surface area contributed by atoms with Crippen molar-refractivity contribution in [2.75, 3.05) is 20.3 Å². The molecule has 33 heavy (non-hydrogen) atoms. The summed E-state index contributed by atoms with van der Waals surface area (Å²) in [7, 11) is -2.82. The monoisotopic (exact) mass is 480 g/mol. The SMILES string of the molecule is COc1ccc(CN(C[C@H]2CCCO2)C(=O)NC(C)C)cc1OS(=O)(=O)c1ccc(F)cc1. The molecule has 1 heterocycles. The average Bonchev–Trinajstić information content (AvgIpc) is 3.26. The van der Waals surface area contributed by atoms with Crippen molar-refractivity contribution < 1.29 is 31.3 Å². The normalized spacial score (nSPS) is 16.0. The Hall–Kier alpha value is -2.85. The van der Waals surface area contributed by atoms with Crippen LogP contribution in [0.5, 0.6) is 11.5 Å². The van der Waals surface area contributed by atoms with Gasteiger partial charge >= 0.3 is 16.1 Å². The fraction of sp³-hybridized carbons (Fsp3) is 0.435. The Morgan fingerprint density at radius 3 is 2.55 bits per heavy atom. The molecule has 1 atom stereocenters. The van der Waals surface area contributed by atoms with Gasteiger partial charge in [-0.1, -0.05) is 6.07 Å². The van der Waals surface area contributed by atoms with Crippen molar-refractivity contribution in [2.45, 2.75) is 50.3 Å². The van der Waals surface area contributed by atoms with Crippen LogP contribution in [-0.2, 0) is 21.4 Å². The van der Waals surface area contributed by atoms with Crippen molar-refractivity contribution in [3.05, 3.63) is 53.8 Å². The number of amides is 2. The lowest BCUT2D eigenvalue weighted by atomic mass is 10.1. The topological polar surface area (TPSA) is 94.2 Å². The van der Waals surface area contributed by atoms with Crippen LogP contribution in [0.4, 0.5) is 9.18 Å². The van der Waals surface area contributed by atoms with E-state index in [1.807, 2.05) is 13.8 Å². The molecular weight excluding hydrogens is 451 g/mol. The highest BCUT2D eigenvalue weighted by Gasteiger charge is 2.24. The van der Waals surface area contributed by atoms with Gasteiger partial charge in [0.2, 0.25) is 0 Å². The van der Waals surface area contributed by atoms with Crippen LogP contribution in [0.25, 0.3) is 0 Å². The summed E-state index contributed by atoms with van der Waals surface area (Å²) in [5, 5.41) is 2.89. The van der Waals surface area contributed by atoms with E-state index in [0.29, 0.717) is 18.7 Å². The molecule has 2 amide bonds. The Kier molecular flexibility index (Phi) is 8.15. The fourth-order valence-electron chi connectivity index (χ4n) is 3.46. The van der Waals surface area contributed by atoms with Gasteiger partial charge in [-0.25, -0.2) is 9.18 Å². The first kappa shape index (κ1) is 24.8. The van der Waals surface area contributed by atoms with Crippen molar-refractivity contribution in [3.63, 3.8) is 0 Å². The molecule has 2 aromatic carbocycles. The molecular formula is C23H29FN2O6S. The van der Waals surface area contributed by atoms with E-state index in [2.05, 4.69) is 5.32 Å². The number of nitrogens with zero attached hydrogens (tertiary/aromatic N) is 1. The van der Waals surface area contributed by atoms with Gasteiger partial charge in [0.25, 0.3) is 0 Å². The molecule has 1 N–H and O–H groups in total. The number of carbonyl (C=O) groups excluding carboxylic acids is 1. The summed E-state index contributed by atoms with van der Waals surface area (Å²) in [6, 6.07) is 8.89. The number of urea groups is 1. The second kappa shape index (κ2) is 10.8. The fourth-order valence-corrected chi connectivity index (χ4v) is 4.40. The molecule has 3 rings (SSSR count). The van der Waals surface area contributed by atoms with Crippen molar-refractivity contribution in [1.82, 2.24) is 10.2 Å². The summed E-state index contributed by atoms with van der Waals surface area (Å²) in [6.45, 7) is 5.06. The van der Waals surface area contributed by atoms with Crippen LogP contribution in [0.2, 0.25) is 0 Å². The smallest absolute Gasteiger partial charge is 0.339 e. The van der Waals surface area contributed by atoms with Crippen LogP contribution >= 0.6 is 0 Å². The molecule has 2 aromatic rings. The first-order valence-electron chi connectivity index (χ1n) is 10.7. The van der Waals surface area contributed by atoms with Gasteiger partial charge in [-0.3, -0.25) is 0 Å². The van der Waals surface area contributed by atoms with E-state index in [4.69, 9.17) is 13.7 Å². The maximum Gasteiger partial charge on any atom is 0.339 e. The summed E-state index contributed by atoms with van der Waals surface area (Å²) in [5.41, 5.74) is 0.650. The molecule has 0 radical (unpaired) electrons. The highest BCUT2D eigenvalue weighted by molar-refractivity contribution is 7.87. The maximum absolute atomic E-state index is 13.2. The zero-order chi connectivity index (χ0) is 24.0. The van der Waals surface area contributed by atoms with Gasteiger partial charge in [0.15, 0.2) is 11.5 Å². The third-order valence-corrected chi connectivity index (χ3v) is 6.30. The number of hydrogen-bond acceptors (Lipinski definition) is 6. The van der Waals surface area contributed by atoms with E-state index in [9.17, 15) is 17.6 Å². The molecule has 0 unspecified atom stereocenters. The standard InChI is InChI=1S/C23H29FN2O6S/c1-16(2)25-23(27)26(15-19-5-4-12-31-19)14-17-6-11-21(30-3)22(13-17)32-33(28,29)20-9-7-18(24)8-10-20/h6-11,13,16,19H,4-5,12,14-15H2,1-3H3,(H,25,27)/t19-/m1/s1. The summed E-state index contributed by atoms with van der Waals surface area (Å²) < 4.78 is 54.8. The number of halogens is 1. The lowest BCUT2D eigenvalue weighted by Gasteiger charge is -2.27. The van der Waals surface area contributed by atoms with E-state index >= 15 is 0 Å². The lowest BCUT2D eigenvalue weighted by Crippen LogP contribution is -2.45. The predicted molar refractivity (Wildman–Crippen MR) is 120 cm³/mol. The van der Waals surface area contributed by atoms with Gasteiger partial charge < -0.3 is 23.9 Å². The third kappa shape index (κ3) is 6.82. The van der Waals surface area contributed by atoms with E-state index < -0.39 is 15.9 Å². The number of carbonyl (C=O) groups is 1. The van der Waals surface area contributed by atoms with Crippen molar-refractivity contribution in [2.24, 2.45) is 0 Å². The van der Waals surface area contributed by atoms with Crippen molar-refractivity contribution in [1.29, 1.82) is 0 Å². The number of hydrogen-bond donors (Lipinski definition) is 1. The Labute approximate surface area is 193 Å². The molecule has 0 bridgehead atoms. The molecule has 1 aliphatic rings. The summed E-state index contributed by atoms with van der Waals surface area (Å²) in [5.74, 6) is -0.373. The number of rotatable bonds is 9. The molecule has 0 saturated carbocycles. The largest absolute Gasteiger partial charge is 0.493 e. The van der Waals surface area contributed by atoms with E-state index in [0.717, 1.165) is 37.1 Å². The molecule has 1 fully saturated rings. The zero-order valence-electron chi connectivity index (χ0n) is 18.9. The Balaban J connectivity index is 1.84. The molecule has 1 aliphatic heterocycles. The number of nitrogens with one attached hydrogen (secondary N) is 1. The molecule has 0 aliphatic carbocycles. The minimum absolute atomic E-state index is 0.0272. The van der Waals surface area contributed by atoms with Crippen LogP contribution in [-0.4, -0.2) is 51.8 Å². The van der Waals surface area contributed by atoms with E-state index in [1.54, 1.807) is 17.0 Å². The first-order chi connectivity index (χ1) is 15.7. The van der Waals surface area contributed by atoms with Crippen LogP contribution in [0.3, 0.4) is 0 Å². The molecule has 8 nitrogen and oxygen atoms in total. The van der Waals surface area contributed by atoms with Gasteiger partial charge in [-0.15, -0.1) is 0 Å². The second-order valence-electron chi connectivity index (χ2n) is 8.10. The summed E-state index contributed by atoms with van der Waals surface area (Å²) >= 11 is 0. The van der Waals surface area contributed by atoms with Crippen LogP contribution in [0.15, 0.2) is 47.4 Å². The van der Waals surface area contributed by atoms with Crippen LogP contribution in [0, 0.1) is 5.82 Å². The van der Waals surface area contributed by atoms with Gasteiger partial charge in [-0.05, 0) is 68.7 Å². The number of ether oxygens (including phenoxy) is 2. The van der Waals surface area contributed by atoms with Crippen LogP contribution < -0.4 is 14.2 Å². The number of benzene rings is 2. The molecule has 180 valence electrons. The Morgan fingerprint density at radius 2 is 1.94 bits per heavy atom. The summed E-state index contributed by atoms with van der Waals surface area (Å²) in [4.78, 5) is 14.2. The Morgan fingerprint density at radius 1 is 1.21 bits per heavy atom. The molecule has 0 aromatic heterocycles. The minimum atomic E-state index is -4.22. The Bertz CT molecular complexity index is 1050. The third-order valence-electron chi connectivity index (χ3n) is 5.05. The van der Waals surface area contributed by atoms with Crippen LogP contribution in [0.1, 0.15) is 32.3 Å². The molecule has 1 saturated heterocycles. The second-order valence-corrected chi connectivity index (χ2v) is 9.64. The van der Waals surface area contributed by atoms with Gasteiger partial charge in [0.05, 0.1) is 13.2 Å².